The first kappa shape index (κ1) is 24.8. The Bertz CT molecular complexity index is 1330. The van der Waals surface area contributed by atoms with Crippen LogP contribution in [0.25, 0.3) is 0 Å². The molecule has 0 aliphatic carbocycles. The van der Waals surface area contributed by atoms with Crippen molar-refractivity contribution in [3.8, 4) is 6.07 Å². The van der Waals surface area contributed by atoms with Crippen molar-refractivity contribution < 1.29 is 13.2 Å². The van der Waals surface area contributed by atoms with Crippen molar-refractivity contribution in [2.75, 3.05) is 11.1 Å². The molecule has 1 N–H and O–H groups in total. The maximum atomic E-state index is 13.0. The summed E-state index contributed by atoms with van der Waals surface area (Å²) in [5.74, 6) is -1.21. The Balaban J connectivity index is 1.94. The summed E-state index contributed by atoms with van der Waals surface area (Å²) >= 11 is 12.5. The normalized spacial score (nSPS) is 12.1. The Hall–Kier alpha value is -2.85. The van der Waals surface area contributed by atoms with Crippen LogP contribution in [-0.4, -0.2) is 20.1 Å². The fourth-order valence-electron chi connectivity index (χ4n) is 3.53. The van der Waals surface area contributed by atoms with Gasteiger partial charge in [0.1, 0.15) is 0 Å². The van der Waals surface area contributed by atoms with Gasteiger partial charge in [-0.25, -0.2) is 8.42 Å². The summed E-state index contributed by atoms with van der Waals surface area (Å²) in [6.45, 7) is 3.55. The van der Waals surface area contributed by atoms with Gasteiger partial charge in [0.25, 0.3) is 5.91 Å². The van der Waals surface area contributed by atoms with E-state index in [4.69, 9.17) is 23.2 Å². The van der Waals surface area contributed by atoms with E-state index in [-0.39, 0.29) is 16.2 Å². The molecular weight excluding hydrogens is 479 g/mol. The van der Waals surface area contributed by atoms with Crippen LogP contribution in [0.15, 0.2) is 65.6 Å². The summed E-state index contributed by atoms with van der Waals surface area (Å²) in [6.07, 6.45) is 0.447. The molecule has 170 valence electrons. The van der Waals surface area contributed by atoms with E-state index >= 15 is 0 Å². The zero-order valence-electron chi connectivity index (χ0n) is 18.1. The van der Waals surface area contributed by atoms with Gasteiger partial charge in [0.2, 0.25) is 0 Å². The molecule has 1 amide bonds. The second kappa shape index (κ2) is 10.4. The Morgan fingerprint density at radius 1 is 1.09 bits per heavy atom. The smallest absolute Gasteiger partial charge is 0.256 e. The van der Waals surface area contributed by atoms with Crippen LogP contribution in [0, 0.1) is 18.3 Å². The highest BCUT2D eigenvalue weighted by molar-refractivity contribution is 7.91. The molecule has 0 fully saturated rings. The predicted molar refractivity (Wildman–Crippen MR) is 132 cm³/mol. The Morgan fingerprint density at radius 3 is 2.39 bits per heavy atom. The molecule has 1 atom stereocenters. The van der Waals surface area contributed by atoms with Crippen LogP contribution in [0.2, 0.25) is 10.0 Å². The number of hydrogen-bond donors (Lipinski definition) is 1. The number of carbonyl (C=O) groups is 1. The van der Waals surface area contributed by atoms with Crippen LogP contribution < -0.4 is 5.32 Å². The minimum atomic E-state index is -3.58. The molecule has 0 saturated carbocycles. The van der Waals surface area contributed by atoms with E-state index < -0.39 is 21.7 Å². The predicted octanol–water partition coefficient (Wildman–Crippen LogP) is 6.39. The van der Waals surface area contributed by atoms with E-state index in [1.165, 1.54) is 12.1 Å². The molecule has 0 spiro atoms. The van der Waals surface area contributed by atoms with Gasteiger partial charge in [-0.2, -0.15) is 5.26 Å². The lowest BCUT2D eigenvalue weighted by Gasteiger charge is -2.17. The summed E-state index contributed by atoms with van der Waals surface area (Å²) in [4.78, 5) is 13.0. The number of benzene rings is 3. The lowest BCUT2D eigenvalue weighted by atomic mass is 9.91. The largest absolute Gasteiger partial charge is 0.322 e. The standard InChI is InChI=1S/C25H22Cl2N2O3S/c1-3-12-33(31,32)24-7-5-4-6-19(24)25(30)29-23-14-22(27)20(13-16(23)2)21(15-28)17-8-10-18(26)11-9-17/h4-11,13-14,21H,3,12H2,1-2H3,(H,29,30). The molecule has 8 heteroatoms. The van der Waals surface area contributed by atoms with Gasteiger partial charge in [-0.3, -0.25) is 4.79 Å². The maximum absolute atomic E-state index is 13.0. The summed E-state index contributed by atoms with van der Waals surface area (Å²) < 4.78 is 25.2. The number of carbonyl (C=O) groups excluding carboxylic acids is 1. The van der Waals surface area contributed by atoms with E-state index in [1.807, 2.05) is 0 Å². The number of aryl methyl sites for hydroxylation is 1. The van der Waals surface area contributed by atoms with Crippen LogP contribution >= 0.6 is 23.2 Å². The molecule has 0 aliphatic heterocycles. The Kier molecular flexibility index (Phi) is 7.80. The van der Waals surface area contributed by atoms with Crippen molar-refractivity contribution in [3.63, 3.8) is 0 Å². The SMILES string of the molecule is CCCS(=O)(=O)c1ccccc1C(=O)Nc1cc(Cl)c(C(C#N)c2ccc(Cl)cc2)cc1C. The molecule has 3 rings (SSSR count). The van der Waals surface area contributed by atoms with Crippen LogP contribution in [0.1, 0.15) is 46.3 Å². The average molecular weight is 501 g/mol. The molecule has 0 radical (unpaired) electrons. The minimum Gasteiger partial charge on any atom is -0.322 e. The molecule has 1 unspecified atom stereocenters. The lowest BCUT2D eigenvalue weighted by Crippen LogP contribution is -2.18. The zero-order valence-corrected chi connectivity index (χ0v) is 20.4. The maximum Gasteiger partial charge on any atom is 0.256 e. The first-order valence-corrected chi connectivity index (χ1v) is 12.7. The van der Waals surface area contributed by atoms with Gasteiger partial charge in [0.15, 0.2) is 9.84 Å². The highest BCUT2D eigenvalue weighted by Gasteiger charge is 2.23. The topological polar surface area (TPSA) is 87.0 Å². The van der Waals surface area contributed by atoms with Crippen molar-refractivity contribution >= 4 is 44.6 Å². The van der Waals surface area contributed by atoms with Crippen molar-refractivity contribution in [2.45, 2.75) is 31.1 Å². The van der Waals surface area contributed by atoms with E-state index in [0.29, 0.717) is 33.3 Å². The number of rotatable bonds is 7. The number of nitrogens with one attached hydrogen (secondary N) is 1. The van der Waals surface area contributed by atoms with Crippen molar-refractivity contribution in [1.29, 1.82) is 5.26 Å². The highest BCUT2D eigenvalue weighted by Crippen LogP contribution is 2.34. The van der Waals surface area contributed by atoms with Gasteiger partial charge in [-0.1, -0.05) is 60.5 Å². The third kappa shape index (κ3) is 5.56. The van der Waals surface area contributed by atoms with E-state index in [1.54, 1.807) is 62.4 Å². The van der Waals surface area contributed by atoms with Gasteiger partial charge >= 0.3 is 0 Å². The molecule has 0 aliphatic rings. The van der Waals surface area contributed by atoms with E-state index in [9.17, 15) is 18.5 Å². The summed E-state index contributed by atoms with van der Waals surface area (Å²) in [5.41, 5.74) is 2.54. The van der Waals surface area contributed by atoms with Crippen LogP contribution in [0.4, 0.5) is 5.69 Å². The second-order valence-corrected chi connectivity index (χ2v) is 10.5. The highest BCUT2D eigenvalue weighted by atomic mass is 35.5. The third-order valence-corrected chi connectivity index (χ3v) is 7.73. The van der Waals surface area contributed by atoms with Gasteiger partial charge in [-0.15, -0.1) is 0 Å². The van der Waals surface area contributed by atoms with Crippen molar-refractivity contribution in [1.82, 2.24) is 0 Å². The summed E-state index contributed by atoms with van der Waals surface area (Å²) in [6, 6.07) is 18.7. The number of amides is 1. The molecule has 0 bridgehead atoms. The van der Waals surface area contributed by atoms with Gasteiger partial charge < -0.3 is 5.32 Å². The monoisotopic (exact) mass is 500 g/mol. The van der Waals surface area contributed by atoms with E-state index in [2.05, 4.69) is 11.4 Å². The molecule has 5 nitrogen and oxygen atoms in total. The molecule has 3 aromatic carbocycles. The second-order valence-electron chi connectivity index (χ2n) is 7.57. The molecule has 0 heterocycles. The molecular formula is C25H22Cl2N2O3S. The van der Waals surface area contributed by atoms with Crippen molar-refractivity contribution in [2.24, 2.45) is 0 Å². The van der Waals surface area contributed by atoms with Gasteiger partial charge in [0, 0.05) is 15.7 Å². The van der Waals surface area contributed by atoms with Crippen molar-refractivity contribution in [3.05, 3.63) is 93.0 Å². The fraction of sp³-hybridized carbons (Fsp3) is 0.200. The van der Waals surface area contributed by atoms with E-state index in [0.717, 1.165) is 5.56 Å². The van der Waals surface area contributed by atoms with Gasteiger partial charge in [-0.05, 0) is 60.4 Å². The fourth-order valence-corrected chi connectivity index (χ4v) is 5.47. The number of nitriles is 1. The number of hydrogen-bond acceptors (Lipinski definition) is 4. The first-order valence-electron chi connectivity index (χ1n) is 10.3. The number of sulfone groups is 1. The van der Waals surface area contributed by atoms with Gasteiger partial charge in [0.05, 0.1) is 28.2 Å². The number of halogens is 2. The summed E-state index contributed by atoms with van der Waals surface area (Å²) in [7, 11) is -3.58. The average Bonchev–Trinajstić information content (AvgIpc) is 2.78. The lowest BCUT2D eigenvalue weighted by molar-refractivity contribution is 0.102. The molecule has 0 saturated heterocycles. The zero-order chi connectivity index (χ0) is 24.2. The third-order valence-electron chi connectivity index (χ3n) is 5.17. The molecule has 0 aromatic heterocycles. The first-order chi connectivity index (χ1) is 15.7. The minimum absolute atomic E-state index is 0.00277. The van der Waals surface area contributed by atoms with Crippen LogP contribution in [0.3, 0.4) is 0 Å². The van der Waals surface area contributed by atoms with Crippen LogP contribution in [0.5, 0.6) is 0 Å². The number of nitrogens with zero attached hydrogens (tertiary/aromatic N) is 1. The molecule has 3 aromatic rings. The number of anilines is 1. The Labute approximate surface area is 203 Å². The van der Waals surface area contributed by atoms with Crippen LogP contribution in [-0.2, 0) is 9.84 Å². The molecule has 33 heavy (non-hydrogen) atoms. The quantitative estimate of drug-likeness (QED) is 0.406. The Morgan fingerprint density at radius 2 is 1.76 bits per heavy atom. The summed E-state index contributed by atoms with van der Waals surface area (Å²) in [5, 5.41) is 13.4.